The van der Waals surface area contributed by atoms with E-state index in [1.54, 1.807) is 20.8 Å². The van der Waals surface area contributed by atoms with E-state index in [0.29, 0.717) is 13.0 Å². The largest absolute Gasteiger partial charge is 0.444 e. The van der Waals surface area contributed by atoms with Gasteiger partial charge in [0.2, 0.25) is 0 Å². The molecule has 1 amide bonds. The van der Waals surface area contributed by atoms with Crippen LogP contribution in [0.3, 0.4) is 0 Å². The molecule has 5 nitrogen and oxygen atoms in total. The first-order chi connectivity index (χ1) is 6.88. The van der Waals surface area contributed by atoms with Crippen LogP contribution >= 0.6 is 0 Å². The van der Waals surface area contributed by atoms with Crippen LogP contribution in [-0.4, -0.2) is 35.7 Å². The standard InChI is InChI=1S/C10H19NO4/c1-10(2,3)15-9(13)11-7-5-4-6-14-8(7)12/h7-8,12H,4-6H2,1-3H3,(H,11,13). The summed E-state index contributed by atoms with van der Waals surface area (Å²) in [5.41, 5.74) is -0.523. The average molecular weight is 217 g/mol. The fraction of sp³-hybridized carbons (Fsp3) is 0.900. The van der Waals surface area contributed by atoms with Gasteiger partial charge in [-0.25, -0.2) is 4.79 Å². The molecule has 0 saturated carbocycles. The molecule has 2 unspecified atom stereocenters. The summed E-state index contributed by atoms with van der Waals surface area (Å²) in [7, 11) is 0. The van der Waals surface area contributed by atoms with Crippen LogP contribution in [0.4, 0.5) is 4.79 Å². The number of nitrogens with one attached hydrogen (secondary N) is 1. The number of rotatable bonds is 1. The van der Waals surface area contributed by atoms with Gasteiger partial charge in [0.15, 0.2) is 6.29 Å². The predicted molar refractivity (Wildman–Crippen MR) is 54.4 cm³/mol. The SMILES string of the molecule is CC(C)(C)OC(=O)NC1CCCOC1O. The number of carbonyl (C=O) groups excluding carboxylic acids is 1. The Hall–Kier alpha value is -0.810. The number of hydrogen-bond acceptors (Lipinski definition) is 4. The van der Waals surface area contributed by atoms with Gasteiger partial charge in [-0.15, -0.1) is 0 Å². The molecule has 0 bridgehead atoms. The fourth-order valence-electron chi connectivity index (χ4n) is 1.37. The third kappa shape index (κ3) is 4.48. The minimum Gasteiger partial charge on any atom is -0.444 e. The maximum absolute atomic E-state index is 11.4. The van der Waals surface area contributed by atoms with Crippen molar-refractivity contribution in [3.05, 3.63) is 0 Å². The van der Waals surface area contributed by atoms with Crippen LogP contribution in [0.25, 0.3) is 0 Å². The third-order valence-electron chi connectivity index (χ3n) is 1.99. The summed E-state index contributed by atoms with van der Waals surface area (Å²) in [6, 6.07) is -0.367. The molecule has 0 spiro atoms. The Kier molecular flexibility index (Phi) is 3.93. The van der Waals surface area contributed by atoms with Crippen molar-refractivity contribution in [1.29, 1.82) is 0 Å². The first-order valence-electron chi connectivity index (χ1n) is 5.18. The van der Waals surface area contributed by atoms with Gasteiger partial charge in [-0.3, -0.25) is 0 Å². The molecular formula is C10H19NO4. The Bertz CT molecular complexity index is 224. The number of carbonyl (C=O) groups is 1. The molecule has 2 atom stereocenters. The van der Waals surface area contributed by atoms with Crippen molar-refractivity contribution in [2.45, 2.75) is 51.5 Å². The van der Waals surface area contributed by atoms with Crippen LogP contribution < -0.4 is 5.32 Å². The maximum Gasteiger partial charge on any atom is 0.408 e. The fourth-order valence-corrected chi connectivity index (χ4v) is 1.37. The van der Waals surface area contributed by atoms with E-state index >= 15 is 0 Å². The summed E-state index contributed by atoms with van der Waals surface area (Å²) in [4.78, 5) is 11.4. The smallest absolute Gasteiger partial charge is 0.408 e. The Morgan fingerprint density at radius 2 is 2.20 bits per heavy atom. The zero-order chi connectivity index (χ0) is 11.5. The average Bonchev–Trinajstić information content (AvgIpc) is 2.05. The molecule has 88 valence electrons. The molecule has 0 aliphatic carbocycles. The Balaban J connectivity index is 2.36. The zero-order valence-corrected chi connectivity index (χ0v) is 9.45. The van der Waals surface area contributed by atoms with Gasteiger partial charge in [-0.1, -0.05) is 0 Å². The van der Waals surface area contributed by atoms with Gasteiger partial charge in [-0.2, -0.15) is 0 Å². The molecule has 0 aromatic heterocycles. The van der Waals surface area contributed by atoms with E-state index in [0.717, 1.165) is 6.42 Å². The minimum absolute atomic E-state index is 0.367. The van der Waals surface area contributed by atoms with Gasteiger partial charge in [-0.05, 0) is 33.6 Å². The number of aliphatic hydroxyl groups excluding tert-OH is 1. The quantitative estimate of drug-likeness (QED) is 0.687. The van der Waals surface area contributed by atoms with E-state index < -0.39 is 18.0 Å². The second kappa shape index (κ2) is 4.81. The molecule has 1 aliphatic rings. The molecule has 1 rings (SSSR count). The van der Waals surface area contributed by atoms with Gasteiger partial charge in [0.25, 0.3) is 0 Å². The number of hydrogen-bond donors (Lipinski definition) is 2. The van der Waals surface area contributed by atoms with Crippen LogP contribution in [0.15, 0.2) is 0 Å². The van der Waals surface area contributed by atoms with E-state index in [1.165, 1.54) is 0 Å². The summed E-state index contributed by atoms with van der Waals surface area (Å²) < 4.78 is 10.1. The lowest BCUT2D eigenvalue weighted by Gasteiger charge is -2.29. The molecule has 0 aromatic carbocycles. The van der Waals surface area contributed by atoms with Gasteiger partial charge >= 0.3 is 6.09 Å². The summed E-state index contributed by atoms with van der Waals surface area (Å²) >= 11 is 0. The van der Waals surface area contributed by atoms with Crippen molar-refractivity contribution in [1.82, 2.24) is 5.32 Å². The molecule has 1 aliphatic heterocycles. The van der Waals surface area contributed by atoms with Crippen LogP contribution in [0.2, 0.25) is 0 Å². The first kappa shape index (κ1) is 12.3. The predicted octanol–water partition coefficient (Wildman–Crippen LogP) is 1.01. The van der Waals surface area contributed by atoms with E-state index in [1.807, 2.05) is 0 Å². The summed E-state index contributed by atoms with van der Waals surface area (Å²) in [6.07, 6.45) is 0.0982. The van der Waals surface area contributed by atoms with Crippen LogP contribution in [0.5, 0.6) is 0 Å². The minimum atomic E-state index is -0.925. The van der Waals surface area contributed by atoms with Gasteiger partial charge in [0.05, 0.1) is 6.04 Å². The van der Waals surface area contributed by atoms with Crippen LogP contribution in [0, 0.1) is 0 Å². The molecule has 15 heavy (non-hydrogen) atoms. The molecule has 1 saturated heterocycles. The number of ether oxygens (including phenoxy) is 2. The normalized spacial score (nSPS) is 27.2. The van der Waals surface area contributed by atoms with Gasteiger partial charge < -0.3 is 19.9 Å². The van der Waals surface area contributed by atoms with Crippen molar-refractivity contribution < 1.29 is 19.4 Å². The molecular weight excluding hydrogens is 198 g/mol. The van der Waals surface area contributed by atoms with Crippen molar-refractivity contribution in [2.75, 3.05) is 6.61 Å². The second-order valence-corrected chi connectivity index (χ2v) is 4.66. The highest BCUT2D eigenvalue weighted by Gasteiger charge is 2.27. The molecule has 1 fully saturated rings. The molecule has 2 N–H and O–H groups in total. The summed E-state index contributed by atoms with van der Waals surface area (Å²) in [5.74, 6) is 0. The maximum atomic E-state index is 11.4. The third-order valence-corrected chi connectivity index (χ3v) is 1.99. The highest BCUT2D eigenvalue weighted by Crippen LogP contribution is 2.13. The Morgan fingerprint density at radius 1 is 1.53 bits per heavy atom. The van der Waals surface area contributed by atoms with Crippen LogP contribution in [0.1, 0.15) is 33.6 Å². The lowest BCUT2D eigenvalue weighted by Crippen LogP contribution is -2.48. The molecule has 5 heteroatoms. The Morgan fingerprint density at radius 3 is 2.73 bits per heavy atom. The lowest BCUT2D eigenvalue weighted by atomic mass is 10.1. The van der Waals surface area contributed by atoms with E-state index in [-0.39, 0.29) is 6.04 Å². The van der Waals surface area contributed by atoms with E-state index in [4.69, 9.17) is 9.47 Å². The number of aliphatic hydroxyl groups is 1. The number of amides is 1. The monoisotopic (exact) mass is 217 g/mol. The lowest BCUT2D eigenvalue weighted by molar-refractivity contribution is -0.141. The van der Waals surface area contributed by atoms with Crippen LogP contribution in [-0.2, 0) is 9.47 Å². The van der Waals surface area contributed by atoms with Crippen molar-refractivity contribution in [3.8, 4) is 0 Å². The Labute approximate surface area is 89.8 Å². The molecule has 0 aromatic rings. The van der Waals surface area contributed by atoms with Gasteiger partial charge in [0, 0.05) is 6.61 Å². The van der Waals surface area contributed by atoms with E-state index in [9.17, 15) is 9.90 Å². The first-order valence-corrected chi connectivity index (χ1v) is 5.18. The summed E-state index contributed by atoms with van der Waals surface area (Å²) in [6.45, 7) is 5.91. The molecule has 1 heterocycles. The van der Waals surface area contributed by atoms with Crippen molar-refractivity contribution in [3.63, 3.8) is 0 Å². The highest BCUT2D eigenvalue weighted by molar-refractivity contribution is 5.68. The van der Waals surface area contributed by atoms with Gasteiger partial charge in [0.1, 0.15) is 5.60 Å². The second-order valence-electron chi connectivity index (χ2n) is 4.66. The molecule has 0 radical (unpaired) electrons. The topological polar surface area (TPSA) is 67.8 Å². The van der Waals surface area contributed by atoms with E-state index in [2.05, 4.69) is 5.32 Å². The number of alkyl carbamates (subject to hydrolysis) is 1. The van der Waals surface area contributed by atoms with Crippen molar-refractivity contribution in [2.24, 2.45) is 0 Å². The summed E-state index contributed by atoms with van der Waals surface area (Å²) in [5, 5.41) is 12.0. The van der Waals surface area contributed by atoms with Crippen molar-refractivity contribution >= 4 is 6.09 Å². The highest BCUT2D eigenvalue weighted by atomic mass is 16.6. The zero-order valence-electron chi connectivity index (χ0n) is 9.45.